The first-order valence-electron chi connectivity index (χ1n) is 6.72. The number of hydrogen-bond donors (Lipinski definition) is 3. The maximum atomic E-state index is 11.7. The molecule has 3 atom stereocenters. The molecule has 0 aromatic carbocycles. The van der Waals surface area contributed by atoms with Crippen LogP contribution in [-0.2, 0) is 9.47 Å². The Kier molecular flexibility index (Phi) is 3.87. The van der Waals surface area contributed by atoms with Gasteiger partial charge in [-0.3, -0.25) is 14.3 Å². The quantitative estimate of drug-likeness (QED) is 0.566. The largest absolute Gasteiger partial charge is 0.369 e. The molecule has 3 heterocycles. The first-order valence-corrected chi connectivity index (χ1v) is 7.23. The predicted octanol–water partition coefficient (Wildman–Crippen LogP) is 0.672. The third-order valence-electron chi connectivity index (χ3n) is 3.37. The van der Waals surface area contributed by atoms with Gasteiger partial charge in [0, 0.05) is 0 Å². The van der Waals surface area contributed by atoms with Gasteiger partial charge in [-0.05, 0) is 19.8 Å². The number of hydrogen-bond acceptors (Lipinski definition) is 7. The molecule has 0 saturated carbocycles. The van der Waals surface area contributed by atoms with Gasteiger partial charge in [0.15, 0.2) is 11.2 Å². The van der Waals surface area contributed by atoms with Gasteiger partial charge in [-0.1, -0.05) is 0 Å². The zero-order chi connectivity index (χ0) is 15.0. The summed E-state index contributed by atoms with van der Waals surface area (Å²) in [5.74, 6) is 0.0658. The van der Waals surface area contributed by atoms with E-state index in [1.807, 2.05) is 6.92 Å². The molecular formula is C12H17N5O3S. The summed E-state index contributed by atoms with van der Waals surface area (Å²) in [6.07, 6.45) is 3.01. The standard InChI is InChI=1S/C12H17N5O3S/c1-6(21)19-4-7-2-3-8(20-7)17-5-14-9-10(17)15-12(13)16-11(9)18/h5-8,21H,2-4H2,1H3,(H3,13,15,16,18). The molecule has 0 radical (unpaired) electrons. The van der Waals surface area contributed by atoms with Crippen molar-refractivity contribution in [3.05, 3.63) is 16.7 Å². The fourth-order valence-corrected chi connectivity index (χ4v) is 2.50. The third kappa shape index (κ3) is 2.89. The lowest BCUT2D eigenvalue weighted by molar-refractivity contribution is -0.0421. The van der Waals surface area contributed by atoms with Gasteiger partial charge in [-0.2, -0.15) is 4.98 Å². The van der Waals surface area contributed by atoms with Crippen LogP contribution in [0.15, 0.2) is 11.1 Å². The van der Waals surface area contributed by atoms with E-state index >= 15 is 0 Å². The van der Waals surface area contributed by atoms with Gasteiger partial charge in [0.2, 0.25) is 5.95 Å². The number of ether oxygens (including phenoxy) is 2. The van der Waals surface area contributed by atoms with Crippen molar-refractivity contribution in [2.45, 2.75) is 37.5 Å². The Hall–Kier alpha value is -1.58. The van der Waals surface area contributed by atoms with Crippen LogP contribution in [0.1, 0.15) is 26.0 Å². The van der Waals surface area contributed by atoms with Crippen molar-refractivity contribution in [1.29, 1.82) is 0 Å². The molecule has 1 aliphatic rings. The Morgan fingerprint density at radius 3 is 3.24 bits per heavy atom. The highest BCUT2D eigenvalue weighted by molar-refractivity contribution is 7.80. The number of nitrogens with zero attached hydrogens (tertiary/aromatic N) is 3. The van der Waals surface area contributed by atoms with Crippen LogP contribution in [0.2, 0.25) is 0 Å². The van der Waals surface area contributed by atoms with Crippen molar-refractivity contribution >= 4 is 29.7 Å². The summed E-state index contributed by atoms with van der Waals surface area (Å²) in [5, 5.41) is 0. The number of nitrogens with one attached hydrogen (secondary N) is 1. The fraction of sp³-hybridized carbons (Fsp3) is 0.583. The Morgan fingerprint density at radius 2 is 2.48 bits per heavy atom. The van der Waals surface area contributed by atoms with Gasteiger partial charge in [0.25, 0.3) is 5.56 Å². The number of anilines is 1. The smallest absolute Gasteiger partial charge is 0.280 e. The summed E-state index contributed by atoms with van der Waals surface area (Å²) >= 11 is 4.17. The number of aromatic nitrogens is 4. The maximum absolute atomic E-state index is 11.7. The maximum Gasteiger partial charge on any atom is 0.280 e. The Bertz CT molecular complexity index is 698. The van der Waals surface area contributed by atoms with E-state index in [9.17, 15) is 4.79 Å². The van der Waals surface area contributed by atoms with Crippen LogP contribution < -0.4 is 11.3 Å². The molecule has 21 heavy (non-hydrogen) atoms. The third-order valence-corrected chi connectivity index (χ3v) is 3.52. The molecule has 0 spiro atoms. The number of rotatable bonds is 4. The number of thiol groups is 1. The van der Waals surface area contributed by atoms with Crippen molar-refractivity contribution in [3.8, 4) is 0 Å². The molecule has 2 aromatic heterocycles. The SMILES string of the molecule is CC(S)OCC1CCC(n2cnc3c(=O)[nH]c(N)nc32)O1. The molecule has 2 aromatic rings. The van der Waals surface area contributed by atoms with E-state index in [0.29, 0.717) is 12.3 Å². The predicted molar refractivity (Wildman–Crippen MR) is 80.1 cm³/mol. The highest BCUT2D eigenvalue weighted by atomic mass is 32.1. The topological polar surface area (TPSA) is 108 Å². The van der Waals surface area contributed by atoms with Gasteiger partial charge in [0.1, 0.15) is 6.23 Å². The molecule has 1 fully saturated rings. The molecule has 0 aliphatic carbocycles. The number of fused-ring (bicyclic) bond motifs is 1. The van der Waals surface area contributed by atoms with E-state index < -0.39 is 0 Å². The van der Waals surface area contributed by atoms with Gasteiger partial charge < -0.3 is 15.2 Å². The van der Waals surface area contributed by atoms with Gasteiger partial charge in [-0.15, -0.1) is 12.6 Å². The second-order valence-electron chi connectivity index (χ2n) is 5.00. The zero-order valence-corrected chi connectivity index (χ0v) is 12.4. The molecule has 3 unspecified atom stereocenters. The molecule has 1 aliphatic heterocycles. The summed E-state index contributed by atoms with van der Waals surface area (Å²) < 4.78 is 13.1. The monoisotopic (exact) mass is 311 g/mol. The van der Waals surface area contributed by atoms with E-state index in [2.05, 4.69) is 27.6 Å². The van der Waals surface area contributed by atoms with E-state index in [0.717, 1.165) is 12.8 Å². The molecule has 0 bridgehead atoms. The molecule has 0 amide bonds. The van der Waals surface area contributed by atoms with Crippen LogP contribution in [-0.4, -0.2) is 37.7 Å². The van der Waals surface area contributed by atoms with Crippen molar-refractivity contribution in [3.63, 3.8) is 0 Å². The van der Waals surface area contributed by atoms with Crippen LogP contribution in [0, 0.1) is 0 Å². The number of nitrogens with two attached hydrogens (primary N) is 1. The van der Waals surface area contributed by atoms with Crippen LogP contribution in [0.5, 0.6) is 0 Å². The molecule has 3 rings (SSSR count). The van der Waals surface area contributed by atoms with E-state index in [1.54, 1.807) is 10.9 Å². The molecule has 9 heteroatoms. The average molecular weight is 311 g/mol. The Balaban J connectivity index is 1.81. The molecular weight excluding hydrogens is 294 g/mol. The van der Waals surface area contributed by atoms with Gasteiger partial charge in [-0.25, -0.2) is 4.98 Å². The van der Waals surface area contributed by atoms with Gasteiger partial charge >= 0.3 is 0 Å². The average Bonchev–Trinajstić information content (AvgIpc) is 3.02. The lowest BCUT2D eigenvalue weighted by atomic mass is 10.2. The minimum absolute atomic E-state index is 0.00129. The zero-order valence-electron chi connectivity index (χ0n) is 11.5. The highest BCUT2D eigenvalue weighted by Crippen LogP contribution is 2.30. The lowest BCUT2D eigenvalue weighted by Gasteiger charge is -2.16. The fourth-order valence-electron chi connectivity index (χ4n) is 2.41. The highest BCUT2D eigenvalue weighted by Gasteiger charge is 2.28. The van der Waals surface area contributed by atoms with Crippen LogP contribution >= 0.6 is 12.6 Å². The minimum Gasteiger partial charge on any atom is -0.369 e. The number of imidazole rings is 1. The second-order valence-corrected chi connectivity index (χ2v) is 5.73. The van der Waals surface area contributed by atoms with Crippen molar-refractivity contribution in [2.24, 2.45) is 0 Å². The first kappa shape index (κ1) is 14.4. The Labute approximate surface area is 126 Å². The van der Waals surface area contributed by atoms with E-state index in [-0.39, 0.29) is 34.8 Å². The molecule has 1 saturated heterocycles. The van der Waals surface area contributed by atoms with Crippen LogP contribution in [0.3, 0.4) is 0 Å². The second kappa shape index (κ2) is 5.66. The Morgan fingerprint density at radius 1 is 1.67 bits per heavy atom. The van der Waals surface area contributed by atoms with E-state index in [4.69, 9.17) is 15.2 Å². The lowest BCUT2D eigenvalue weighted by Crippen LogP contribution is -2.19. The number of H-pyrrole nitrogens is 1. The van der Waals surface area contributed by atoms with Crippen LogP contribution in [0.4, 0.5) is 5.95 Å². The molecule has 3 N–H and O–H groups in total. The van der Waals surface area contributed by atoms with Crippen molar-refractivity contribution < 1.29 is 9.47 Å². The number of nitrogen functional groups attached to an aromatic ring is 1. The van der Waals surface area contributed by atoms with E-state index in [1.165, 1.54) is 0 Å². The van der Waals surface area contributed by atoms with Gasteiger partial charge in [0.05, 0.1) is 24.5 Å². The summed E-state index contributed by atoms with van der Waals surface area (Å²) in [5.41, 5.74) is 5.81. The summed E-state index contributed by atoms with van der Waals surface area (Å²) in [4.78, 5) is 22.4. The summed E-state index contributed by atoms with van der Waals surface area (Å²) in [6, 6.07) is 0. The normalized spacial score (nSPS) is 23.7. The molecule has 8 nitrogen and oxygen atoms in total. The minimum atomic E-state index is -0.349. The number of aromatic amines is 1. The summed E-state index contributed by atoms with van der Waals surface area (Å²) in [7, 11) is 0. The summed E-state index contributed by atoms with van der Waals surface area (Å²) in [6.45, 7) is 2.35. The van der Waals surface area contributed by atoms with Crippen LogP contribution in [0.25, 0.3) is 11.2 Å². The van der Waals surface area contributed by atoms with Crippen molar-refractivity contribution in [1.82, 2.24) is 19.5 Å². The van der Waals surface area contributed by atoms with Crippen molar-refractivity contribution in [2.75, 3.05) is 12.3 Å². The first-order chi connectivity index (χ1) is 10.0. The molecule has 114 valence electrons.